The van der Waals surface area contributed by atoms with Gasteiger partial charge in [-0.1, -0.05) is 36.4 Å². The van der Waals surface area contributed by atoms with E-state index in [0.717, 1.165) is 4.31 Å². The molecule has 0 aromatic heterocycles. The highest BCUT2D eigenvalue weighted by molar-refractivity contribution is 7.92. The van der Waals surface area contributed by atoms with Crippen LogP contribution in [0.2, 0.25) is 0 Å². The van der Waals surface area contributed by atoms with Gasteiger partial charge in [0.2, 0.25) is 15.9 Å². The lowest BCUT2D eigenvalue weighted by molar-refractivity contribution is -0.114. The average molecular weight is 560 g/mol. The second-order valence-corrected chi connectivity index (χ2v) is 12.3. The topological polar surface area (TPSA) is 122 Å². The lowest BCUT2D eigenvalue weighted by Crippen LogP contribution is -2.40. The Labute approximate surface area is 222 Å². The fourth-order valence-corrected chi connectivity index (χ4v) is 7.17. The molecule has 0 atom stereocenters. The lowest BCUT2D eigenvalue weighted by atomic mass is 10.2. The monoisotopic (exact) mass is 559 g/mol. The highest BCUT2D eigenvalue weighted by atomic mass is 32.2. The normalized spacial score (nSPS) is 14.6. The summed E-state index contributed by atoms with van der Waals surface area (Å²) in [6.45, 7) is 2.19. The number of nitrogens with zero attached hydrogens (tertiary/aromatic N) is 2. The standard InChI is InChI=1S/C26H29N3O7S2/c1-20-8-6-7-11-23(20)29(37(31,32)22-9-4-3-5-10-22)19-26(30)27-21-12-13-24(35-2)25(18-21)38(33,34)28-14-16-36-17-15-28/h3-13,18H,14-17,19H2,1-2H3,(H,27,30). The molecule has 1 fully saturated rings. The van der Waals surface area contributed by atoms with E-state index < -0.39 is 32.5 Å². The summed E-state index contributed by atoms with van der Waals surface area (Å²) in [5, 5.41) is 2.64. The Morgan fingerprint density at radius 2 is 1.63 bits per heavy atom. The fourth-order valence-electron chi connectivity index (χ4n) is 4.08. The molecule has 0 spiro atoms. The molecule has 1 heterocycles. The maximum absolute atomic E-state index is 13.6. The number of ether oxygens (including phenoxy) is 2. The number of benzene rings is 3. The van der Waals surface area contributed by atoms with Crippen LogP contribution in [0.5, 0.6) is 5.75 Å². The highest BCUT2D eigenvalue weighted by Crippen LogP contribution is 2.31. The first-order valence-electron chi connectivity index (χ1n) is 11.8. The molecule has 3 aromatic carbocycles. The zero-order chi connectivity index (χ0) is 27.3. The summed E-state index contributed by atoms with van der Waals surface area (Å²) in [6, 6.07) is 19.0. The van der Waals surface area contributed by atoms with Crippen molar-refractivity contribution in [1.82, 2.24) is 4.31 Å². The SMILES string of the molecule is COc1ccc(NC(=O)CN(c2ccccc2C)S(=O)(=O)c2ccccc2)cc1S(=O)(=O)N1CCOCC1. The molecular weight excluding hydrogens is 530 g/mol. The third kappa shape index (κ3) is 5.83. The van der Waals surface area contributed by atoms with Crippen molar-refractivity contribution in [2.75, 3.05) is 49.6 Å². The van der Waals surface area contributed by atoms with E-state index in [2.05, 4.69) is 5.32 Å². The summed E-state index contributed by atoms with van der Waals surface area (Å²) < 4.78 is 66.5. The van der Waals surface area contributed by atoms with Crippen LogP contribution < -0.4 is 14.4 Å². The Bertz CT molecular complexity index is 1500. The number of nitrogens with one attached hydrogen (secondary N) is 1. The van der Waals surface area contributed by atoms with Crippen molar-refractivity contribution in [3.05, 3.63) is 78.4 Å². The van der Waals surface area contributed by atoms with Gasteiger partial charge in [0.15, 0.2) is 0 Å². The van der Waals surface area contributed by atoms with Crippen molar-refractivity contribution >= 4 is 37.3 Å². The van der Waals surface area contributed by atoms with Gasteiger partial charge < -0.3 is 14.8 Å². The molecule has 1 aliphatic rings. The van der Waals surface area contributed by atoms with E-state index >= 15 is 0 Å². The maximum Gasteiger partial charge on any atom is 0.264 e. The van der Waals surface area contributed by atoms with Gasteiger partial charge in [0.1, 0.15) is 17.2 Å². The first-order valence-corrected chi connectivity index (χ1v) is 14.7. The summed E-state index contributed by atoms with van der Waals surface area (Å²) in [5.41, 5.74) is 1.21. The number of rotatable bonds is 9. The number of amides is 1. The third-order valence-corrected chi connectivity index (χ3v) is 9.73. The zero-order valence-electron chi connectivity index (χ0n) is 21.0. The smallest absolute Gasteiger partial charge is 0.264 e. The number of hydrogen-bond acceptors (Lipinski definition) is 7. The molecule has 38 heavy (non-hydrogen) atoms. The Morgan fingerprint density at radius 3 is 2.29 bits per heavy atom. The number of carbonyl (C=O) groups excluding carboxylic acids is 1. The third-order valence-electron chi connectivity index (χ3n) is 6.04. The van der Waals surface area contributed by atoms with E-state index in [4.69, 9.17) is 9.47 Å². The average Bonchev–Trinajstić information content (AvgIpc) is 2.93. The van der Waals surface area contributed by atoms with Gasteiger partial charge in [-0.2, -0.15) is 4.31 Å². The molecule has 0 saturated carbocycles. The maximum atomic E-state index is 13.6. The van der Waals surface area contributed by atoms with E-state index in [-0.39, 0.29) is 47.5 Å². The van der Waals surface area contributed by atoms with Crippen LogP contribution >= 0.6 is 0 Å². The van der Waals surface area contributed by atoms with Crippen molar-refractivity contribution in [2.45, 2.75) is 16.7 Å². The van der Waals surface area contributed by atoms with Gasteiger partial charge in [0.05, 0.1) is 30.9 Å². The first-order chi connectivity index (χ1) is 18.1. The Hall–Kier alpha value is -3.45. The molecule has 202 valence electrons. The van der Waals surface area contributed by atoms with E-state index in [1.807, 2.05) is 0 Å². The van der Waals surface area contributed by atoms with Crippen LogP contribution in [0.4, 0.5) is 11.4 Å². The molecule has 1 amide bonds. The van der Waals surface area contributed by atoms with Crippen LogP contribution in [0.3, 0.4) is 0 Å². The molecule has 0 radical (unpaired) electrons. The largest absolute Gasteiger partial charge is 0.495 e. The molecule has 12 heteroatoms. The number of hydrogen-bond donors (Lipinski definition) is 1. The predicted octanol–water partition coefficient (Wildman–Crippen LogP) is 2.86. The van der Waals surface area contributed by atoms with Crippen LogP contribution in [-0.2, 0) is 29.6 Å². The molecule has 4 rings (SSSR count). The minimum Gasteiger partial charge on any atom is -0.495 e. The van der Waals surface area contributed by atoms with Crippen molar-refractivity contribution in [3.8, 4) is 5.75 Å². The second kappa shape index (κ2) is 11.5. The molecule has 1 N–H and O–H groups in total. The summed E-state index contributed by atoms with van der Waals surface area (Å²) in [4.78, 5) is 13.1. The summed E-state index contributed by atoms with van der Waals surface area (Å²) >= 11 is 0. The molecule has 10 nitrogen and oxygen atoms in total. The number of methoxy groups -OCH3 is 1. The molecular formula is C26H29N3O7S2. The van der Waals surface area contributed by atoms with Gasteiger partial charge >= 0.3 is 0 Å². The molecule has 0 unspecified atom stereocenters. The number of sulfonamides is 2. The Kier molecular flexibility index (Phi) is 8.36. The quantitative estimate of drug-likeness (QED) is 0.428. The number of para-hydroxylation sites is 1. The fraction of sp³-hybridized carbons (Fsp3) is 0.269. The van der Waals surface area contributed by atoms with E-state index in [1.165, 1.54) is 41.7 Å². The van der Waals surface area contributed by atoms with Gasteiger partial charge in [0.25, 0.3) is 10.0 Å². The number of anilines is 2. The zero-order valence-corrected chi connectivity index (χ0v) is 22.7. The lowest BCUT2D eigenvalue weighted by Gasteiger charge is -2.27. The highest BCUT2D eigenvalue weighted by Gasteiger charge is 2.31. The Balaban J connectivity index is 1.64. The second-order valence-electron chi connectivity index (χ2n) is 8.54. The van der Waals surface area contributed by atoms with E-state index in [9.17, 15) is 21.6 Å². The van der Waals surface area contributed by atoms with E-state index in [0.29, 0.717) is 11.3 Å². The summed E-state index contributed by atoms with van der Waals surface area (Å²) in [6.07, 6.45) is 0. The van der Waals surface area contributed by atoms with Gasteiger partial charge in [0, 0.05) is 18.8 Å². The Morgan fingerprint density at radius 1 is 0.974 bits per heavy atom. The van der Waals surface area contributed by atoms with Crippen LogP contribution in [0, 0.1) is 6.92 Å². The molecule has 0 aliphatic carbocycles. The number of morpholine rings is 1. The minimum absolute atomic E-state index is 0.0411. The van der Waals surface area contributed by atoms with Crippen molar-refractivity contribution in [1.29, 1.82) is 0 Å². The van der Waals surface area contributed by atoms with Crippen LogP contribution in [-0.4, -0.2) is 67.0 Å². The first kappa shape index (κ1) is 27.6. The van der Waals surface area contributed by atoms with Gasteiger partial charge in [-0.3, -0.25) is 9.10 Å². The summed E-state index contributed by atoms with van der Waals surface area (Å²) in [7, 11) is -6.64. The minimum atomic E-state index is -4.08. The van der Waals surface area contributed by atoms with Crippen LogP contribution in [0.25, 0.3) is 0 Å². The van der Waals surface area contributed by atoms with Gasteiger partial charge in [-0.15, -0.1) is 0 Å². The van der Waals surface area contributed by atoms with Crippen LogP contribution in [0.15, 0.2) is 82.6 Å². The molecule has 3 aromatic rings. The van der Waals surface area contributed by atoms with Gasteiger partial charge in [-0.25, -0.2) is 16.8 Å². The molecule has 1 aliphatic heterocycles. The number of carbonyl (C=O) groups is 1. The predicted molar refractivity (Wildman–Crippen MR) is 143 cm³/mol. The van der Waals surface area contributed by atoms with Gasteiger partial charge in [-0.05, 0) is 48.9 Å². The van der Waals surface area contributed by atoms with Crippen molar-refractivity contribution in [3.63, 3.8) is 0 Å². The summed E-state index contributed by atoms with van der Waals surface area (Å²) in [5.74, 6) is -0.518. The number of aryl methyl sites for hydroxylation is 1. The van der Waals surface area contributed by atoms with Crippen molar-refractivity contribution < 1.29 is 31.1 Å². The van der Waals surface area contributed by atoms with Crippen molar-refractivity contribution in [2.24, 2.45) is 0 Å². The molecule has 1 saturated heterocycles. The van der Waals surface area contributed by atoms with E-state index in [1.54, 1.807) is 49.4 Å². The molecule has 0 bridgehead atoms. The van der Waals surface area contributed by atoms with Crippen LogP contribution in [0.1, 0.15) is 5.56 Å².